The molecule has 3 rings (SSSR count). The molecule has 0 aromatic carbocycles. The van der Waals surface area contributed by atoms with Gasteiger partial charge in [-0.2, -0.15) is 0 Å². The number of rotatable bonds is 2. The fourth-order valence-electron chi connectivity index (χ4n) is 2.40. The summed E-state index contributed by atoms with van der Waals surface area (Å²) in [6.45, 7) is 3.68. The van der Waals surface area contributed by atoms with E-state index in [0.717, 1.165) is 0 Å². The Labute approximate surface area is 125 Å². The van der Waals surface area contributed by atoms with Crippen LogP contribution in [0.5, 0.6) is 5.75 Å². The van der Waals surface area contributed by atoms with Gasteiger partial charge in [-0.05, 0) is 32.1 Å². The maximum absolute atomic E-state index is 12.4. The monoisotopic (exact) mass is 299 g/mol. The van der Waals surface area contributed by atoms with Crippen LogP contribution < -0.4 is 10.3 Å². The Morgan fingerprint density at radius 1 is 1.36 bits per heavy atom. The van der Waals surface area contributed by atoms with Gasteiger partial charge in [-0.25, -0.2) is 0 Å². The average molecular weight is 299 g/mol. The van der Waals surface area contributed by atoms with E-state index in [0.29, 0.717) is 17.0 Å². The predicted octanol–water partition coefficient (Wildman–Crippen LogP) is 2.21. The zero-order valence-corrected chi connectivity index (χ0v) is 12.0. The summed E-state index contributed by atoms with van der Waals surface area (Å²) in [6, 6.07) is 4.38. The molecule has 0 radical (unpaired) electrons. The molecule has 1 aliphatic rings. The molecule has 7 nitrogen and oxygen atoms in total. The van der Waals surface area contributed by atoms with Crippen molar-refractivity contribution in [2.75, 3.05) is 0 Å². The summed E-state index contributed by atoms with van der Waals surface area (Å²) in [5.41, 5.74) is -0.600. The predicted molar refractivity (Wildman–Crippen MR) is 79.7 cm³/mol. The number of nitrogens with zero attached hydrogens (tertiary/aromatic N) is 3. The van der Waals surface area contributed by atoms with Crippen LogP contribution in [0, 0.1) is 10.1 Å². The number of nitro groups is 1. The lowest BCUT2D eigenvalue weighted by Crippen LogP contribution is -2.32. The third kappa shape index (κ3) is 2.26. The topological polar surface area (TPSA) is 87.3 Å². The minimum atomic E-state index is -0.683. The van der Waals surface area contributed by atoms with Crippen molar-refractivity contribution in [2.45, 2.75) is 19.4 Å². The third-order valence-electron chi connectivity index (χ3n) is 3.30. The zero-order chi connectivity index (χ0) is 15.9. The second-order valence-electron chi connectivity index (χ2n) is 5.43. The molecule has 1 aliphatic heterocycles. The smallest absolute Gasteiger partial charge is 0.334 e. The largest absolute Gasteiger partial charge is 0.481 e. The van der Waals surface area contributed by atoms with Gasteiger partial charge in [0.05, 0.1) is 16.8 Å². The van der Waals surface area contributed by atoms with Gasteiger partial charge in [0.25, 0.3) is 0 Å². The Bertz CT molecular complexity index is 852. The molecule has 2 aromatic rings. The zero-order valence-electron chi connectivity index (χ0n) is 12.0. The molecule has 3 heterocycles. The molecule has 112 valence electrons. The molecule has 0 saturated carbocycles. The summed E-state index contributed by atoms with van der Waals surface area (Å²) in [7, 11) is 0. The van der Waals surface area contributed by atoms with Gasteiger partial charge in [0.15, 0.2) is 0 Å². The fourth-order valence-corrected chi connectivity index (χ4v) is 2.40. The van der Waals surface area contributed by atoms with Crippen molar-refractivity contribution < 1.29 is 9.66 Å². The van der Waals surface area contributed by atoms with Gasteiger partial charge in [-0.3, -0.25) is 24.5 Å². The quantitative estimate of drug-likeness (QED) is 0.626. The van der Waals surface area contributed by atoms with E-state index in [2.05, 4.69) is 4.98 Å². The van der Waals surface area contributed by atoms with Crippen molar-refractivity contribution in [3.05, 3.63) is 68.9 Å². The van der Waals surface area contributed by atoms with Gasteiger partial charge >= 0.3 is 11.2 Å². The molecule has 0 atom stereocenters. The van der Waals surface area contributed by atoms with Crippen LogP contribution in [0.3, 0.4) is 0 Å². The van der Waals surface area contributed by atoms with E-state index in [1.54, 1.807) is 24.5 Å². The highest BCUT2D eigenvalue weighted by atomic mass is 16.6. The number of aromatic nitrogens is 2. The van der Waals surface area contributed by atoms with Crippen molar-refractivity contribution in [3.63, 3.8) is 0 Å². The first-order valence-corrected chi connectivity index (χ1v) is 6.62. The van der Waals surface area contributed by atoms with E-state index in [-0.39, 0.29) is 0 Å². The molecule has 0 fully saturated rings. The Kier molecular flexibility index (Phi) is 3.05. The Hall–Kier alpha value is -2.96. The van der Waals surface area contributed by atoms with Crippen molar-refractivity contribution in [1.82, 2.24) is 9.55 Å². The normalized spacial score (nSPS) is 15.5. The SMILES string of the molecule is CC1(C)C=C(n2cccc([N+](=O)[O-])c2=O)c2ccncc2O1. The Morgan fingerprint density at radius 2 is 2.14 bits per heavy atom. The van der Waals surface area contributed by atoms with Crippen molar-refractivity contribution >= 4 is 11.4 Å². The maximum atomic E-state index is 12.4. The van der Waals surface area contributed by atoms with Crippen molar-refractivity contribution in [3.8, 4) is 5.75 Å². The van der Waals surface area contributed by atoms with Gasteiger partial charge in [-0.15, -0.1) is 0 Å². The summed E-state index contributed by atoms with van der Waals surface area (Å²) >= 11 is 0. The fraction of sp³-hybridized carbons (Fsp3) is 0.200. The average Bonchev–Trinajstić information content (AvgIpc) is 2.45. The van der Waals surface area contributed by atoms with Gasteiger partial charge in [0.1, 0.15) is 11.4 Å². The minimum absolute atomic E-state index is 0.469. The van der Waals surface area contributed by atoms with Crippen LogP contribution >= 0.6 is 0 Å². The number of hydrogen-bond acceptors (Lipinski definition) is 5. The van der Waals surface area contributed by atoms with E-state index >= 15 is 0 Å². The highest BCUT2D eigenvalue weighted by Crippen LogP contribution is 2.35. The summed E-state index contributed by atoms with van der Waals surface area (Å²) in [5, 5.41) is 11.0. The Morgan fingerprint density at radius 3 is 2.86 bits per heavy atom. The van der Waals surface area contributed by atoms with Crippen LogP contribution in [0.4, 0.5) is 5.69 Å². The lowest BCUT2D eigenvalue weighted by molar-refractivity contribution is -0.386. The molecule has 0 bridgehead atoms. The van der Waals surface area contributed by atoms with Crippen LogP contribution in [-0.2, 0) is 0 Å². The summed E-state index contributed by atoms with van der Waals surface area (Å²) in [6.07, 6.45) is 6.41. The summed E-state index contributed by atoms with van der Waals surface area (Å²) in [5.74, 6) is 0.531. The minimum Gasteiger partial charge on any atom is -0.481 e. The first kappa shape index (κ1) is 14.0. The number of pyridine rings is 2. The van der Waals surface area contributed by atoms with E-state index in [1.165, 1.54) is 22.9 Å². The molecule has 0 unspecified atom stereocenters. The summed E-state index contributed by atoms with van der Waals surface area (Å²) in [4.78, 5) is 26.7. The van der Waals surface area contributed by atoms with Crippen LogP contribution in [0.25, 0.3) is 5.70 Å². The first-order valence-electron chi connectivity index (χ1n) is 6.62. The Balaban J connectivity index is 2.27. The lowest BCUT2D eigenvalue weighted by atomic mass is 10.00. The van der Waals surface area contributed by atoms with Crippen LogP contribution in [-0.4, -0.2) is 20.1 Å². The molecular weight excluding hydrogens is 286 g/mol. The second kappa shape index (κ2) is 4.80. The molecule has 2 aromatic heterocycles. The highest BCUT2D eigenvalue weighted by molar-refractivity contribution is 5.73. The van der Waals surface area contributed by atoms with E-state index < -0.39 is 21.8 Å². The van der Waals surface area contributed by atoms with Crippen LogP contribution in [0.2, 0.25) is 0 Å². The van der Waals surface area contributed by atoms with Gasteiger partial charge in [0, 0.05) is 24.0 Å². The van der Waals surface area contributed by atoms with Gasteiger partial charge in [-0.1, -0.05) is 0 Å². The summed E-state index contributed by atoms with van der Waals surface area (Å²) < 4.78 is 7.07. The van der Waals surface area contributed by atoms with Crippen LogP contribution in [0.1, 0.15) is 19.4 Å². The van der Waals surface area contributed by atoms with Crippen LogP contribution in [0.15, 0.2) is 47.7 Å². The lowest BCUT2D eigenvalue weighted by Gasteiger charge is -2.31. The molecule has 7 heteroatoms. The van der Waals surface area contributed by atoms with Gasteiger partial charge < -0.3 is 4.74 Å². The van der Waals surface area contributed by atoms with Crippen molar-refractivity contribution in [2.24, 2.45) is 0 Å². The maximum Gasteiger partial charge on any atom is 0.334 e. The standard InChI is InChI=1S/C15H13N3O4/c1-15(2)8-12(10-5-6-16-9-13(10)22-15)17-7-3-4-11(14(17)19)18(20)21/h3-9H,1-2H3. The first-order chi connectivity index (χ1) is 10.4. The third-order valence-corrected chi connectivity index (χ3v) is 3.30. The number of fused-ring (bicyclic) bond motifs is 1. The number of ether oxygens (including phenoxy) is 1. The molecule has 22 heavy (non-hydrogen) atoms. The highest BCUT2D eigenvalue weighted by Gasteiger charge is 2.29. The molecule has 0 spiro atoms. The van der Waals surface area contributed by atoms with Gasteiger partial charge in [0.2, 0.25) is 0 Å². The van der Waals surface area contributed by atoms with E-state index in [1.807, 2.05) is 13.8 Å². The van der Waals surface area contributed by atoms with E-state index in [4.69, 9.17) is 4.74 Å². The molecule has 0 N–H and O–H groups in total. The van der Waals surface area contributed by atoms with Crippen molar-refractivity contribution in [1.29, 1.82) is 0 Å². The molecule has 0 saturated heterocycles. The second-order valence-corrected chi connectivity index (χ2v) is 5.43. The molecule has 0 aliphatic carbocycles. The molecular formula is C15H13N3O4. The molecule has 0 amide bonds. The van der Waals surface area contributed by atoms with E-state index in [9.17, 15) is 14.9 Å². The number of hydrogen-bond donors (Lipinski definition) is 0.